The largest absolute Gasteiger partial charge is 0.433 e. The average Bonchev–Trinajstić information content (AvgIpc) is 3.55. The smallest absolute Gasteiger partial charge is 0.384 e. The van der Waals surface area contributed by atoms with E-state index in [1.54, 1.807) is 24.3 Å². The molecule has 1 unspecified atom stereocenters. The quantitative estimate of drug-likeness (QED) is 0.111. The summed E-state index contributed by atoms with van der Waals surface area (Å²) >= 11 is 6.43. The van der Waals surface area contributed by atoms with E-state index in [1.165, 1.54) is 17.2 Å². The molecular weight excluding hydrogens is 938 g/mol. The number of aromatic nitrogens is 1. The van der Waals surface area contributed by atoms with Crippen molar-refractivity contribution in [1.29, 1.82) is 0 Å². The van der Waals surface area contributed by atoms with Crippen molar-refractivity contribution >= 4 is 46.8 Å². The van der Waals surface area contributed by atoms with Crippen molar-refractivity contribution in [3.63, 3.8) is 0 Å². The number of anilines is 1. The molecule has 71 heavy (non-hydrogen) atoms. The number of carbonyl (C=O) groups excluding carboxylic acids is 5. The fourth-order valence-electron chi connectivity index (χ4n) is 13.9. The molecule has 3 aromatic rings. The summed E-state index contributed by atoms with van der Waals surface area (Å²) in [5, 5.41) is 12.5. The molecule has 2 spiro atoms. The Labute approximate surface area is 415 Å². The van der Waals surface area contributed by atoms with Gasteiger partial charge in [0.25, 0.3) is 5.91 Å². The van der Waals surface area contributed by atoms with Gasteiger partial charge in [0.1, 0.15) is 17.6 Å². The van der Waals surface area contributed by atoms with Gasteiger partial charge in [-0.2, -0.15) is 13.2 Å². The van der Waals surface area contributed by atoms with Crippen molar-refractivity contribution < 1.29 is 41.5 Å². The minimum atomic E-state index is -4.68. The highest BCUT2D eigenvalue weighted by atomic mass is 35.5. The number of nitrogens with zero attached hydrogens (tertiary/aromatic N) is 3. The number of imide groups is 1. The number of benzene rings is 2. The molecule has 6 heterocycles. The number of carbonyl (C=O) groups is 5. The van der Waals surface area contributed by atoms with E-state index >= 15 is 9.18 Å². The zero-order chi connectivity index (χ0) is 50.0. The Bertz CT molecular complexity index is 2830. The van der Waals surface area contributed by atoms with E-state index in [9.17, 15) is 32.3 Å². The lowest BCUT2D eigenvalue weighted by atomic mass is 9.56. The van der Waals surface area contributed by atoms with Crippen LogP contribution in [0.5, 0.6) is 0 Å². The molecule has 5 aliphatic heterocycles. The van der Waals surface area contributed by atoms with Gasteiger partial charge in [-0.05, 0) is 111 Å². The number of hydrogen-bond donors (Lipinski definition) is 4. The number of alkyl halides is 3. The highest BCUT2D eigenvalue weighted by molar-refractivity contribution is 6.30. The van der Waals surface area contributed by atoms with Crippen molar-refractivity contribution in [1.82, 2.24) is 30.7 Å². The summed E-state index contributed by atoms with van der Waals surface area (Å²) in [5.41, 5.74) is -0.664. The first-order valence-electron chi connectivity index (χ1n) is 25.1. The third-order valence-corrected chi connectivity index (χ3v) is 18.0. The van der Waals surface area contributed by atoms with Crippen LogP contribution in [0.4, 0.5) is 23.2 Å². The Morgan fingerprint density at radius 2 is 1.75 bits per heavy atom. The molecule has 2 aromatic carbocycles. The molecule has 2 bridgehead atoms. The van der Waals surface area contributed by atoms with Crippen molar-refractivity contribution in [3.8, 4) is 11.8 Å². The molecule has 4 N–H and O–H groups in total. The van der Waals surface area contributed by atoms with Crippen molar-refractivity contribution in [2.45, 2.75) is 146 Å². The monoisotopic (exact) mass is 995 g/mol. The number of piperidine rings is 2. The number of fused-ring (bicyclic) bond motifs is 6. The van der Waals surface area contributed by atoms with Crippen LogP contribution >= 0.6 is 11.6 Å². The molecule has 9 aliphatic rings. The standard InChI is InChI=1S/C54H58ClF4N7O5/c1-49(2,3)25-40-53(28-61-37-23-39(54(57,58)59)60-26-35(37)53)42(33-9-5-10-36(55)43(33)56)44(62-40)46(69)64-52-19-16-50(17-20-52,18-21-52)48(71)65-22-6-15-51(29-65)24-31(51)12-11-30-7-4-8-32-34(30)27-66(47(32)70)38-13-14-41(67)63-45(38)68/h4-5,7-10,23,26,31,38,40,42,44,61-62H,6,13-22,24-25,27-29H2,1-3H3,(H,64,69)(H,63,67,68)/t31-,38?,40+,42+,44-,50?,51+,52?,53+/m1/s1. The molecule has 17 heteroatoms. The minimum absolute atomic E-state index is 0.0908. The van der Waals surface area contributed by atoms with Crippen molar-refractivity contribution in [2.75, 3.05) is 25.0 Å². The maximum absolute atomic E-state index is 16.4. The van der Waals surface area contributed by atoms with Crippen LogP contribution < -0.4 is 21.3 Å². The van der Waals surface area contributed by atoms with Gasteiger partial charge in [-0.15, -0.1) is 0 Å². The predicted octanol–water partition coefficient (Wildman–Crippen LogP) is 7.77. The van der Waals surface area contributed by atoms with E-state index in [-0.39, 0.29) is 82.6 Å². The summed E-state index contributed by atoms with van der Waals surface area (Å²) in [4.78, 5) is 75.1. The first kappa shape index (κ1) is 47.8. The summed E-state index contributed by atoms with van der Waals surface area (Å²) < 4.78 is 58.3. The van der Waals surface area contributed by atoms with E-state index in [0.717, 1.165) is 36.5 Å². The highest BCUT2D eigenvalue weighted by Gasteiger charge is 2.64. The van der Waals surface area contributed by atoms with Crippen molar-refractivity contribution in [2.24, 2.45) is 22.2 Å². The van der Waals surface area contributed by atoms with Gasteiger partial charge >= 0.3 is 6.18 Å². The van der Waals surface area contributed by atoms with Crippen LogP contribution in [-0.2, 0) is 37.3 Å². The third-order valence-electron chi connectivity index (χ3n) is 17.7. The van der Waals surface area contributed by atoms with Crippen LogP contribution in [-0.4, -0.2) is 87.6 Å². The molecule has 12 nitrogen and oxygen atoms in total. The number of rotatable bonds is 6. The summed E-state index contributed by atoms with van der Waals surface area (Å²) in [6.45, 7) is 7.86. The lowest BCUT2D eigenvalue weighted by Gasteiger charge is -2.54. The zero-order valence-electron chi connectivity index (χ0n) is 40.1. The lowest BCUT2D eigenvalue weighted by Crippen LogP contribution is -2.62. The van der Waals surface area contributed by atoms with Crippen molar-refractivity contribution in [3.05, 3.63) is 93.0 Å². The van der Waals surface area contributed by atoms with Crippen LogP contribution in [0, 0.1) is 39.8 Å². The number of hydrogen-bond acceptors (Lipinski definition) is 8. The number of nitrogens with one attached hydrogen (secondary N) is 4. The Kier molecular flexibility index (Phi) is 11.3. The normalized spacial score (nSPS) is 32.8. The molecule has 7 atom stereocenters. The van der Waals surface area contributed by atoms with E-state index < -0.39 is 64.0 Å². The molecule has 5 amide bonds. The predicted molar refractivity (Wildman–Crippen MR) is 255 cm³/mol. The van der Waals surface area contributed by atoms with Crippen LogP contribution in [0.2, 0.25) is 5.02 Å². The molecule has 7 fully saturated rings. The van der Waals surface area contributed by atoms with Crippen LogP contribution in [0.3, 0.4) is 0 Å². The number of likely N-dealkylation sites (tertiary alicyclic amines) is 1. The third kappa shape index (κ3) is 7.99. The van der Waals surface area contributed by atoms with Gasteiger partial charge in [0, 0.05) is 101 Å². The van der Waals surface area contributed by atoms with E-state index in [0.29, 0.717) is 69.2 Å². The van der Waals surface area contributed by atoms with Crippen LogP contribution in [0.15, 0.2) is 48.7 Å². The molecule has 4 aliphatic carbocycles. The van der Waals surface area contributed by atoms with E-state index in [4.69, 9.17) is 11.6 Å². The summed E-state index contributed by atoms with van der Waals surface area (Å²) in [6, 6.07) is 8.99. The fraction of sp³-hybridized carbons (Fsp3) is 0.556. The van der Waals surface area contributed by atoms with Gasteiger partial charge in [0.2, 0.25) is 23.6 Å². The Hall–Kier alpha value is -5.53. The Morgan fingerprint density at radius 1 is 1.00 bits per heavy atom. The lowest BCUT2D eigenvalue weighted by molar-refractivity contribution is -0.153. The Morgan fingerprint density at radius 3 is 2.46 bits per heavy atom. The summed E-state index contributed by atoms with van der Waals surface area (Å²) in [5.74, 6) is 4.23. The topological polar surface area (TPSA) is 153 Å². The second kappa shape index (κ2) is 16.8. The van der Waals surface area contributed by atoms with Gasteiger partial charge in [-0.3, -0.25) is 34.3 Å². The van der Waals surface area contributed by atoms with E-state index in [2.05, 4.69) is 63.8 Å². The zero-order valence-corrected chi connectivity index (χ0v) is 40.8. The molecule has 12 rings (SSSR count). The second-order valence-corrected chi connectivity index (χ2v) is 23.5. The van der Waals surface area contributed by atoms with Gasteiger partial charge in [0.05, 0.1) is 11.1 Å². The molecular formula is C54H58ClF4N7O5. The maximum atomic E-state index is 16.4. The first-order valence-corrected chi connectivity index (χ1v) is 25.4. The highest BCUT2D eigenvalue weighted by Crippen LogP contribution is 2.60. The van der Waals surface area contributed by atoms with Crippen LogP contribution in [0.25, 0.3) is 0 Å². The Balaban J connectivity index is 0.786. The second-order valence-electron chi connectivity index (χ2n) is 23.1. The average molecular weight is 997 g/mol. The SMILES string of the molecule is CC(C)(C)C[C@@H]1N[C@@H](C(=O)NC23CCC(C(=O)N4CCC[C@]5(C[C@H]5C#Cc5cccc6c5CN(C5CCC(=O)NC5=O)C6=O)C4)(CC2)CC3)[C@H](c2cccc(Cl)c2F)[C@]12CNc1cc(C(F)(F)F)ncc12. The van der Waals surface area contributed by atoms with Gasteiger partial charge in [0.15, 0.2) is 0 Å². The molecule has 3 saturated heterocycles. The van der Waals surface area contributed by atoms with Gasteiger partial charge in [-0.25, -0.2) is 4.39 Å². The number of pyridine rings is 1. The molecule has 1 aromatic heterocycles. The molecule has 374 valence electrons. The summed E-state index contributed by atoms with van der Waals surface area (Å²) in [6.07, 6.45) is 3.87. The summed E-state index contributed by atoms with van der Waals surface area (Å²) in [7, 11) is 0. The van der Waals surface area contributed by atoms with Crippen LogP contribution in [0.1, 0.15) is 142 Å². The number of halogens is 5. The minimum Gasteiger partial charge on any atom is -0.384 e. The van der Waals surface area contributed by atoms with Gasteiger partial charge in [-0.1, -0.05) is 62.4 Å². The fourth-order valence-corrected chi connectivity index (χ4v) is 14.1. The first-order chi connectivity index (χ1) is 33.6. The van der Waals surface area contributed by atoms with E-state index in [1.807, 2.05) is 6.07 Å². The maximum Gasteiger partial charge on any atom is 0.433 e. The molecule has 4 saturated carbocycles. The van der Waals surface area contributed by atoms with Gasteiger partial charge < -0.3 is 25.8 Å². The number of amides is 5. The molecule has 0 radical (unpaired) electrons.